The second-order valence-corrected chi connectivity index (χ2v) is 6.99. The minimum Gasteiger partial charge on any atom is -0.342 e. The maximum absolute atomic E-state index is 12.8. The molecule has 0 aromatic carbocycles. The highest BCUT2D eigenvalue weighted by atomic mass is 19.4. The predicted molar refractivity (Wildman–Crippen MR) is 88.6 cm³/mol. The van der Waals surface area contributed by atoms with E-state index in [1.165, 1.54) is 0 Å². The van der Waals surface area contributed by atoms with Gasteiger partial charge in [-0.3, -0.25) is 4.79 Å². The Bertz CT molecular complexity index is 830. The van der Waals surface area contributed by atoms with Crippen LogP contribution < -0.4 is 0 Å². The van der Waals surface area contributed by atoms with Crippen molar-refractivity contribution in [3.63, 3.8) is 0 Å². The first kappa shape index (κ1) is 18.6. The van der Waals surface area contributed by atoms with E-state index in [1.807, 2.05) is 4.90 Å². The molecule has 6 nitrogen and oxygen atoms in total. The zero-order chi connectivity index (χ0) is 19.1. The molecule has 1 atom stereocenters. The lowest BCUT2D eigenvalue weighted by molar-refractivity contribution is -0.144. The van der Waals surface area contributed by atoms with Crippen LogP contribution in [0.25, 0.3) is 5.78 Å². The summed E-state index contributed by atoms with van der Waals surface area (Å²) in [6, 6.07) is 0. The van der Waals surface area contributed by atoms with Gasteiger partial charge in [0.15, 0.2) is 0 Å². The SMILES string of the molecule is Cc1nc2nc(C(F)(F)F)nn2c(C)c1CCC(=O)N1CCC[C@@H](C)C1. The Morgan fingerprint density at radius 2 is 2.00 bits per heavy atom. The zero-order valence-corrected chi connectivity index (χ0v) is 15.1. The van der Waals surface area contributed by atoms with Crippen molar-refractivity contribution in [2.75, 3.05) is 13.1 Å². The van der Waals surface area contributed by atoms with E-state index in [0.717, 1.165) is 36.0 Å². The average Bonchev–Trinajstić information content (AvgIpc) is 2.99. The van der Waals surface area contributed by atoms with Crippen LogP contribution in [0.15, 0.2) is 0 Å². The summed E-state index contributed by atoms with van der Waals surface area (Å²) in [4.78, 5) is 21.9. The van der Waals surface area contributed by atoms with Gasteiger partial charge in [-0.15, -0.1) is 5.10 Å². The molecule has 26 heavy (non-hydrogen) atoms. The van der Waals surface area contributed by atoms with Crippen LogP contribution in [0.2, 0.25) is 0 Å². The van der Waals surface area contributed by atoms with Crippen molar-refractivity contribution in [2.24, 2.45) is 5.92 Å². The second kappa shape index (κ2) is 6.85. The number of nitrogens with zero attached hydrogens (tertiary/aromatic N) is 5. The third kappa shape index (κ3) is 3.66. The molecule has 3 rings (SSSR count). The summed E-state index contributed by atoms with van der Waals surface area (Å²) in [5, 5.41) is 3.53. The molecule has 1 fully saturated rings. The summed E-state index contributed by atoms with van der Waals surface area (Å²) in [6.07, 6.45) is -1.74. The first-order chi connectivity index (χ1) is 12.2. The number of alkyl halides is 3. The van der Waals surface area contributed by atoms with Gasteiger partial charge in [0.2, 0.25) is 5.91 Å². The van der Waals surface area contributed by atoms with Crippen LogP contribution in [0, 0.1) is 19.8 Å². The number of amides is 1. The Morgan fingerprint density at radius 1 is 1.27 bits per heavy atom. The standard InChI is InChI=1S/C17H22F3N5O/c1-10-5-4-8-24(9-10)14(26)7-6-13-11(2)21-16-22-15(17(18,19)20)23-25(16)12(13)3/h10H,4-9H2,1-3H3/t10-/m1/s1. The lowest BCUT2D eigenvalue weighted by atomic mass is 9.99. The predicted octanol–water partition coefficient (Wildman–Crippen LogP) is 2.95. The first-order valence-electron chi connectivity index (χ1n) is 8.74. The number of rotatable bonds is 3. The molecular formula is C17H22F3N5O. The molecule has 0 radical (unpaired) electrons. The summed E-state index contributed by atoms with van der Waals surface area (Å²) in [5.41, 5.74) is 1.86. The summed E-state index contributed by atoms with van der Waals surface area (Å²) < 4.78 is 39.6. The Morgan fingerprint density at radius 3 is 2.65 bits per heavy atom. The van der Waals surface area contributed by atoms with Crippen LogP contribution in [0.4, 0.5) is 13.2 Å². The van der Waals surface area contributed by atoms with Gasteiger partial charge in [0.05, 0.1) is 0 Å². The number of carbonyl (C=O) groups is 1. The Kier molecular flexibility index (Phi) is 4.90. The van der Waals surface area contributed by atoms with Crippen LogP contribution >= 0.6 is 0 Å². The lowest BCUT2D eigenvalue weighted by Gasteiger charge is -2.31. The normalized spacial score (nSPS) is 18.5. The van der Waals surface area contributed by atoms with Gasteiger partial charge in [-0.1, -0.05) is 6.92 Å². The van der Waals surface area contributed by atoms with Crippen molar-refractivity contribution < 1.29 is 18.0 Å². The quantitative estimate of drug-likeness (QED) is 0.835. The van der Waals surface area contributed by atoms with Crippen molar-refractivity contribution in [2.45, 2.75) is 52.6 Å². The number of aryl methyl sites for hydroxylation is 2. The molecule has 0 saturated carbocycles. The average molecular weight is 369 g/mol. The summed E-state index contributed by atoms with van der Waals surface area (Å²) in [7, 11) is 0. The number of aromatic nitrogens is 4. The number of piperidine rings is 1. The van der Waals surface area contributed by atoms with Gasteiger partial charge in [-0.05, 0) is 44.6 Å². The fourth-order valence-corrected chi connectivity index (χ4v) is 3.50. The van der Waals surface area contributed by atoms with Crippen molar-refractivity contribution >= 4 is 11.7 Å². The fraction of sp³-hybridized carbons (Fsp3) is 0.647. The monoisotopic (exact) mass is 369 g/mol. The van der Waals surface area contributed by atoms with Crippen LogP contribution in [0.1, 0.15) is 49.0 Å². The van der Waals surface area contributed by atoms with Gasteiger partial charge in [-0.25, -0.2) is 9.50 Å². The van der Waals surface area contributed by atoms with Crippen molar-refractivity contribution in [3.05, 3.63) is 22.8 Å². The van der Waals surface area contributed by atoms with E-state index in [9.17, 15) is 18.0 Å². The second-order valence-electron chi connectivity index (χ2n) is 6.99. The highest BCUT2D eigenvalue weighted by molar-refractivity contribution is 5.76. The van der Waals surface area contributed by atoms with Gasteiger partial charge in [0.25, 0.3) is 11.6 Å². The molecule has 0 spiro atoms. The molecular weight excluding hydrogens is 347 g/mol. The van der Waals surface area contributed by atoms with Gasteiger partial charge in [-0.2, -0.15) is 18.2 Å². The van der Waals surface area contributed by atoms with Gasteiger partial charge < -0.3 is 4.90 Å². The van der Waals surface area contributed by atoms with Crippen LogP contribution in [-0.2, 0) is 17.4 Å². The van der Waals surface area contributed by atoms with E-state index in [1.54, 1.807) is 13.8 Å². The van der Waals surface area contributed by atoms with E-state index in [-0.39, 0.29) is 11.7 Å². The van der Waals surface area contributed by atoms with Gasteiger partial charge >= 0.3 is 6.18 Å². The van der Waals surface area contributed by atoms with Crippen molar-refractivity contribution in [3.8, 4) is 0 Å². The van der Waals surface area contributed by atoms with E-state index in [4.69, 9.17) is 0 Å². The molecule has 2 aromatic heterocycles. The Balaban J connectivity index is 1.80. The van der Waals surface area contributed by atoms with E-state index in [0.29, 0.717) is 30.1 Å². The molecule has 1 aliphatic heterocycles. The van der Waals surface area contributed by atoms with E-state index in [2.05, 4.69) is 22.0 Å². The fourth-order valence-electron chi connectivity index (χ4n) is 3.50. The topological polar surface area (TPSA) is 63.4 Å². The van der Waals surface area contributed by atoms with E-state index < -0.39 is 12.0 Å². The molecule has 3 heterocycles. The molecule has 0 N–H and O–H groups in total. The molecule has 1 amide bonds. The van der Waals surface area contributed by atoms with Crippen LogP contribution in [0.5, 0.6) is 0 Å². The molecule has 1 aliphatic rings. The molecule has 1 saturated heterocycles. The van der Waals surface area contributed by atoms with Gasteiger partial charge in [0.1, 0.15) is 0 Å². The first-order valence-corrected chi connectivity index (χ1v) is 8.74. The maximum atomic E-state index is 12.8. The third-order valence-corrected chi connectivity index (χ3v) is 4.90. The van der Waals surface area contributed by atoms with Crippen LogP contribution in [-0.4, -0.2) is 43.5 Å². The number of halogens is 3. The number of hydrogen-bond acceptors (Lipinski definition) is 4. The Labute approximate surface area is 149 Å². The third-order valence-electron chi connectivity index (χ3n) is 4.90. The number of fused-ring (bicyclic) bond motifs is 1. The molecule has 0 aliphatic carbocycles. The number of carbonyl (C=O) groups excluding carboxylic acids is 1. The smallest absolute Gasteiger partial charge is 0.342 e. The highest BCUT2D eigenvalue weighted by Crippen LogP contribution is 2.27. The maximum Gasteiger partial charge on any atom is 0.453 e. The largest absolute Gasteiger partial charge is 0.453 e. The lowest BCUT2D eigenvalue weighted by Crippen LogP contribution is -2.39. The molecule has 9 heteroatoms. The minimum atomic E-state index is -4.62. The summed E-state index contributed by atoms with van der Waals surface area (Å²) >= 11 is 0. The number of hydrogen-bond donors (Lipinski definition) is 0. The van der Waals surface area contributed by atoms with Crippen LogP contribution in [0.3, 0.4) is 0 Å². The molecule has 0 unspecified atom stereocenters. The van der Waals surface area contributed by atoms with Crippen molar-refractivity contribution in [1.29, 1.82) is 0 Å². The molecule has 2 aromatic rings. The molecule has 0 bridgehead atoms. The summed E-state index contributed by atoms with van der Waals surface area (Å²) in [5.74, 6) is -0.703. The molecule has 142 valence electrons. The van der Waals surface area contributed by atoms with Crippen molar-refractivity contribution in [1.82, 2.24) is 24.5 Å². The van der Waals surface area contributed by atoms with E-state index >= 15 is 0 Å². The van der Waals surface area contributed by atoms with Gasteiger partial charge in [0, 0.05) is 30.9 Å². The zero-order valence-electron chi connectivity index (χ0n) is 15.1. The highest BCUT2D eigenvalue weighted by Gasteiger charge is 2.37. The summed E-state index contributed by atoms with van der Waals surface area (Å²) in [6.45, 7) is 7.08. The minimum absolute atomic E-state index is 0.0741. The Hall–Kier alpha value is -2.19. The number of likely N-dealkylation sites (tertiary alicyclic amines) is 1.